The molecular weight excluding hydrogens is 248 g/mol. The molecule has 0 heterocycles. The summed E-state index contributed by atoms with van der Waals surface area (Å²) in [6.45, 7) is 0. The quantitative estimate of drug-likeness (QED) is 0.592. The van der Waals surface area contributed by atoms with E-state index in [1.165, 1.54) is 44.1 Å². The van der Waals surface area contributed by atoms with Gasteiger partial charge >= 0.3 is 0 Å². The van der Waals surface area contributed by atoms with E-state index >= 15 is 0 Å². The van der Waals surface area contributed by atoms with Crippen LogP contribution in [0.5, 0.6) is 0 Å². The van der Waals surface area contributed by atoms with Crippen molar-refractivity contribution in [2.75, 3.05) is 0 Å². The van der Waals surface area contributed by atoms with Crippen LogP contribution in [0.15, 0.2) is 24.3 Å². The summed E-state index contributed by atoms with van der Waals surface area (Å²) < 4.78 is 0. The smallest absolute Gasteiger partial charge is 0.128 e. The lowest BCUT2D eigenvalue weighted by Crippen LogP contribution is -2.31. The number of benzene rings is 1. The van der Waals surface area contributed by atoms with Crippen LogP contribution in [-0.4, -0.2) is 5.26 Å². The van der Waals surface area contributed by atoms with Crippen LogP contribution in [0, 0.1) is 0 Å². The van der Waals surface area contributed by atoms with Crippen molar-refractivity contribution in [2.24, 2.45) is 0 Å². The van der Waals surface area contributed by atoms with Gasteiger partial charge < -0.3 is 0 Å². The van der Waals surface area contributed by atoms with E-state index in [4.69, 9.17) is 4.89 Å². The highest BCUT2D eigenvalue weighted by atomic mass is 17.1. The third-order valence-corrected chi connectivity index (χ3v) is 5.35. The van der Waals surface area contributed by atoms with Crippen molar-refractivity contribution < 1.29 is 10.1 Å². The van der Waals surface area contributed by atoms with Crippen LogP contribution in [0.25, 0.3) is 0 Å². The van der Waals surface area contributed by atoms with Crippen LogP contribution in [0.2, 0.25) is 0 Å². The molecule has 1 N–H and O–H groups in total. The Labute approximate surface area is 122 Å². The molecule has 2 saturated carbocycles. The predicted molar refractivity (Wildman–Crippen MR) is 80.7 cm³/mol. The van der Waals surface area contributed by atoms with Crippen LogP contribution >= 0.6 is 0 Å². The maximum absolute atomic E-state index is 9.41. The molecule has 3 rings (SSSR count). The summed E-state index contributed by atoms with van der Waals surface area (Å²) in [5.74, 6) is 0.746. The lowest BCUT2D eigenvalue weighted by atomic mass is 9.78. The second kappa shape index (κ2) is 6.28. The highest BCUT2D eigenvalue weighted by Crippen LogP contribution is 2.41. The van der Waals surface area contributed by atoms with Crippen LogP contribution in [0.1, 0.15) is 81.3 Å². The van der Waals surface area contributed by atoms with E-state index in [1.54, 1.807) is 0 Å². The molecule has 2 fully saturated rings. The van der Waals surface area contributed by atoms with Crippen molar-refractivity contribution >= 4 is 0 Å². The van der Waals surface area contributed by atoms with Gasteiger partial charge in [0.25, 0.3) is 0 Å². The molecule has 2 nitrogen and oxygen atoms in total. The molecule has 0 radical (unpaired) electrons. The zero-order chi connectivity index (χ0) is 13.8. The van der Waals surface area contributed by atoms with Gasteiger partial charge in [0.05, 0.1) is 0 Å². The molecule has 1 aromatic carbocycles. The van der Waals surface area contributed by atoms with Crippen molar-refractivity contribution in [1.82, 2.24) is 0 Å². The SMILES string of the molecule is OOC1(c2ccc(C3CCCCC3)cc2)CCCCC1. The van der Waals surface area contributed by atoms with E-state index in [9.17, 15) is 5.26 Å². The Bertz CT molecular complexity index is 412. The lowest BCUT2D eigenvalue weighted by molar-refractivity contribution is -0.337. The molecule has 20 heavy (non-hydrogen) atoms. The summed E-state index contributed by atoms with van der Waals surface area (Å²) in [5, 5.41) is 9.41. The van der Waals surface area contributed by atoms with Gasteiger partial charge in [-0.05, 0) is 42.7 Å². The largest absolute Gasteiger partial charge is 0.251 e. The minimum atomic E-state index is -0.441. The van der Waals surface area contributed by atoms with Gasteiger partial charge in [-0.2, -0.15) is 0 Å². The average Bonchev–Trinajstić information content (AvgIpc) is 2.56. The Morgan fingerprint density at radius 3 is 2.05 bits per heavy atom. The van der Waals surface area contributed by atoms with E-state index in [1.807, 2.05) is 0 Å². The molecule has 0 saturated heterocycles. The standard InChI is InChI=1S/C18H26O2/c19-20-18(13-5-2-6-14-18)17-11-9-16(10-12-17)15-7-3-1-4-8-15/h9-12,15,19H,1-8,13-14H2. The van der Waals surface area contributed by atoms with Gasteiger partial charge in [0.2, 0.25) is 0 Å². The maximum atomic E-state index is 9.41. The molecule has 0 aliphatic heterocycles. The molecule has 1 aromatic rings. The lowest BCUT2D eigenvalue weighted by Gasteiger charge is -2.34. The van der Waals surface area contributed by atoms with Gasteiger partial charge in [-0.3, -0.25) is 5.26 Å². The van der Waals surface area contributed by atoms with Crippen LogP contribution in [-0.2, 0) is 10.5 Å². The fraction of sp³-hybridized carbons (Fsp3) is 0.667. The number of rotatable bonds is 3. The monoisotopic (exact) mass is 274 g/mol. The molecule has 2 aliphatic rings. The minimum Gasteiger partial charge on any atom is -0.251 e. The Kier molecular flexibility index (Phi) is 4.42. The topological polar surface area (TPSA) is 29.5 Å². The third kappa shape index (κ3) is 2.77. The first-order chi connectivity index (χ1) is 9.84. The van der Waals surface area contributed by atoms with Crippen LogP contribution in [0.3, 0.4) is 0 Å². The molecule has 2 heteroatoms. The fourth-order valence-electron chi connectivity index (χ4n) is 4.05. The Hall–Kier alpha value is -0.860. The highest BCUT2D eigenvalue weighted by molar-refractivity contribution is 5.30. The zero-order valence-electron chi connectivity index (χ0n) is 12.3. The van der Waals surface area contributed by atoms with Crippen molar-refractivity contribution in [3.8, 4) is 0 Å². The first-order valence-electron chi connectivity index (χ1n) is 8.27. The Balaban J connectivity index is 1.77. The average molecular weight is 274 g/mol. The molecule has 0 amide bonds. The molecule has 0 atom stereocenters. The molecule has 0 spiro atoms. The Morgan fingerprint density at radius 2 is 1.45 bits per heavy atom. The molecule has 0 unspecified atom stereocenters. The summed E-state index contributed by atoms with van der Waals surface area (Å²) >= 11 is 0. The van der Waals surface area contributed by atoms with E-state index in [2.05, 4.69) is 24.3 Å². The highest BCUT2D eigenvalue weighted by Gasteiger charge is 2.35. The molecule has 0 aromatic heterocycles. The van der Waals surface area contributed by atoms with Gasteiger partial charge in [-0.25, -0.2) is 4.89 Å². The summed E-state index contributed by atoms with van der Waals surface area (Å²) in [7, 11) is 0. The molecular formula is C18H26O2. The normalized spacial score (nSPS) is 23.6. The minimum absolute atomic E-state index is 0.441. The number of hydrogen-bond acceptors (Lipinski definition) is 2. The third-order valence-electron chi connectivity index (χ3n) is 5.35. The van der Waals surface area contributed by atoms with Gasteiger partial charge in [0, 0.05) is 0 Å². The van der Waals surface area contributed by atoms with Gasteiger partial charge in [-0.15, -0.1) is 0 Å². The van der Waals surface area contributed by atoms with Gasteiger partial charge in [0.1, 0.15) is 5.60 Å². The van der Waals surface area contributed by atoms with E-state index in [0.717, 1.165) is 37.2 Å². The molecule has 0 bridgehead atoms. The molecule has 110 valence electrons. The Morgan fingerprint density at radius 1 is 0.850 bits per heavy atom. The summed E-state index contributed by atoms with van der Waals surface area (Å²) in [4.78, 5) is 4.95. The maximum Gasteiger partial charge on any atom is 0.128 e. The first-order valence-corrected chi connectivity index (χ1v) is 8.27. The van der Waals surface area contributed by atoms with Crippen LogP contribution in [0.4, 0.5) is 0 Å². The van der Waals surface area contributed by atoms with E-state index < -0.39 is 5.60 Å². The second-order valence-corrected chi connectivity index (χ2v) is 6.60. The zero-order valence-corrected chi connectivity index (χ0v) is 12.3. The molecule has 2 aliphatic carbocycles. The van der Waals surface area contributed by atoms with Crippen molar-refractivity contribution in [1.29, 1.82) is 0 Å². The number of hydrogen-bond donors (Lipinski definition) is 1. The van der Waals surface area contributed by atoms with Crippen LogP contribution < -0.4 is 0 Å². The summed E-state index contributed by atoms with van der Waals surface area (Å²) in [5.41, 5.74) is 2.18. The summed E-state index contributed by atoms with van der Waals surface area (Å²) in [6.07, 6.45) is 12.2. The van der Waals surface area contributed by atoms with Gasteiger partial charge in [0.15, 0.2) is 0 Å². The second-order valence-electron chi connectivity index (χ2n) is 6.60. The predicted octanol–water partition coefficient (Wildman–Crippen LogP) is 5.38. The first kappa shape index (κ1) is 14.1. The van der Waals surface area contributed by atoms with E-state index in [-0.39, 0.29) is 0 Å². The van der Waals surface area contributed by atoms with Crippen molar-refractivity contribution in [3.63, 3.8) is 0 Å². The van der Waals surface area contributed by atoms with E-state index in [0.29, 0.717) is 0 Å². The van der Waals surface area contributed by atoms with Crippen molar-refractivity contribution in [2.45, 2.75) is 75.7 Å². The van der Waals surface area contributed by atoms with Gasteiger partial charge in [-0.1, -0.05) is 62.8 Å². The summed E-state index contributed by atoms with van der Waals surface area (Å²) in [6, 6.07) is 8.90. The van der Waals surface area contributed by atoms with Crippen molar-refractivity contribution in [3.05, 3.63) is 35.4 Å². The fourth-order valence-corrected chi connectivity index (χ4v) is 4.05.